The SMILES string of the molecule is CCCc1ccc(OCC(=O)Nc2ccc(C(=O)OCC(C)C)cc2)cc1. The Bertz CT molecular complexity index is 736. The number of carbonyl (C=O) groups excluding carboxylic acids is 2. The molecule has 0 unspecified atom stereocenters. The minimum atomic E-state index is -0.364. The molecule has 0 aromatic heterocycles. The van der Waals surface area contributed by atoms with E-state index in [4.69, 9.17) is 9.47 Å². The molecule has 0 aliphatic rings. The number of ether oxygens (including phenoxy) is 2. The standard InChI is InChI=1S/C22H27NO4/c1-4-5-17-6-12-20(13-7-17)26-15-21(24)23-19-10-8-18(9-11-19)22(25)27-14-16(2)3/h6-13,16H,4-5,14-15H2,1-3H3,(H,23,24). The summed E-state index contributed by atoms with van der Waals surface area (Å²) in [6.45, 7) is 6.40. The van der Waals surface area contributed by atoms with Crippen molar-refractivity contribution in [2.75, 3.05) is 18.5 Å². The number of hydrogen-bond acceptors (Lipinski definition) is 4. The average molecular weight is 369 g/mol. The van der Waals surface area contributed by atoms with Gasteiger partial charge >= 0.3 is 5.97 Å². The highest BCUT2D eigenvalue weighted by Crippen LogP contribution is 2.14. The molecule has 0 aliphatic heterocycles. The molecule has 144 valence electrons. The highest BCUT2D eigenvalue weighted by atomic mass is 16.5. The van der Waals surface area contributed by atoms with Gasteiger partial charge in [-0.05, 0) is 54.3 Å². The average Bonchev–Trinajstić information content (AvgIpc) is 2.66. The number of hydrogen-bond donors (Lipinski definition) is 1. The highest BCUT2D eigenvalue weighted by Gasteiger charge is 2.09. The summed E-state index contributed by atoms with van der Waals surface area (Å²) in [4.78, 5) is 23.9. The molecule has 1 N–H and O–H groups in total. The number of aryl methyl sites for hydroxylation is 1. The van der Waals surface area contributed by atoms with Crippen molar-refractivity contribution in [3.63, 3.8) is 0 Å². The van der Waals surface area contributed by atoms with Crippen LogP contribution < -0.4 is 10.1 Å². The first-order valence-electron chi connectivity index (χ1n) is 9.26. The van der Waals surface area contributed by atoms with Gasteiger partial charge in [-0.1, -0.05) is 39.3 Å². The molecule has 1 amide bonds. The van der Waals surface area contributed by atoms with Crippen molar-refractivity contribution >= 4 is 17.6 Å². The Morgan fingerprint density at radius 1 is 1.00 bits per heavy atom. The van der Waals surface area contributed by atoms with Crippen LogP contribution in [0.15, 0.2) is 48.5 Å². The molecule has 0 bridgehead atoms. The number of carbonyl (C=O) groups is 2. The minimum Gasteiger partial charge on any atom is -0.484 e. The summed E-state index contributed by atoms with van der Waals surface area (Å²) in [5.41, 5.74) is 2.31. The predicted molar refractivity (Wildman–Crippen MR) is 106 cm³/mol. The molecule has 0 spiro atoms. The fraction of sp³-hybridized carbons (Fsp3) is 0.364. The van der Waals surface area contributed by atoms with Gasteiger partial charge in [-0.25, -0.2) is 4.79 Å². The molecule has 0 fully saturated rings. The Labute approximate surface area is 160 Å². The fourth-order valence-electron chi connectivity index (χ4n) is 2.40. The number of amides is 1. The van der Waals surface area contributed by atoms with Gasteiger partial charge in [-0.3, -0.25) is 4.79 Å². The van der Waals surface area contributed by atoms with Crippen LogP contribution in [0.4, 0.5) is 5.69 Å². The van der Waals surface area contributed by atoms with Gasteiger partial charge < -0.3 is 14.8 Å². The van der Waals surface area contributed by atoms with Crippen LogP contribution in [0.5, 0.6) is 5.75 Å². The summed E-state index contributed by atoms with van der Waals surface area (Å²) in [5, 5.41) is 2.74. The van der Waals surface area contributed by atoms with Gasteiger partial charge in [0.1, 0.15) is 5.75 Å². The van der Waals surface area contributed by atoms with Gasteiger partial charge in [0.25, 0.3) is 5.91 Å². The number of benzene rings is 2. The Kier molecular flexibility index (Phi) is 7.86. The van der Waals surface area contributed by atoms with E-state index in [1.807, 2.05) is 38.1 Å². The van der Waals surface area contributed by atoms with Gasteiger partial charge in [0.2, 0.25) is 0 Å². The second-order valence-electron chi connectivity index (χ2n) is 6.80. The molecule has 0 radical (unpaired) electrons. The molecule has 2 rings (SSSR count). The van der Waals surface area contributed by atoms with E-state index in [0.717, 1.165) is 12.8 Å². The fourth-order valence-corrected chi connectivity index (χ4v) is 2.40. The van der Waals surface area contributed by atoms with Crippen molar-refractivity contribution in [2.24, 2.45) is 5.92 Å². The van der Waals surface area contributed by atoms with Crippen LogP contribution in [0.3, 0.4) is 0 Å². The normalized spacial score (nSPS) is 10.5. The summed E-state index contributed by atoms with van der Waals surface area (Å²) >= 11 is 0. The maximum Gasteiger partial charge on any atom is 0.338 e. The van der Waals surface area contributed by atoms with E-state index >= 15 is 0 Å². The van der Waals surface area contributed by atoms with Crippen molar-refractivity contribution in [1.82, 2.24) is 0 Å². The molecule has 2 aromatic carbocycles. The summed E-state index contributed by atoms with van der Waals surface area (Å²) < 4.78 is 10.7. The summed E-state index contributed by atoms with van der Waals surface area (Å²) in [6, 6.07) is 14.4. The van der Waals surface area contributed by atoms with E-state index in [1.165, 1.54) is 5.56 Å². The second-order valence-corrected chi connectivity index (χ2v) is 6.80. The van der Waals surface area contributed by atoms with Crippen LogP contribution in [0.2, 0.25) is 0 Å². The topological polar surface area (TPSA) is 64.6 Å². The zero-order chi connectivity index (χ0) is 19.6. The second kappa shape index (κ2) is 10.4. The molecule has 0 saturated heterocycles. The molecular formula is C22H27NO4. The first-order chi connectivity index (χ1) is 13.0. The van der Waals surface area contributed by atoms with Crippen molar-refractivity contribution in [3.05, 3.63) is 59.7 Å². The van der Waals surface area contributed by atoms with Crippen molar-refractivity contribution in [2.45, 2.75) is 33.6 Å². The Morgan fingerprint density at radius 2 is 1.67 bits per heavy atom. The number of anilines is 1. The van der Waals surface area contributed by atoms with Gasteiger partial charge in [0.15, 0.2) is 6.61 Å². The highest BCUT2D eigenvalue weighted by molar-refractivity contribution is 5.93. The monoisotopic (exact) mass is 369 g/mol. The van der Waals surface area contributed by atoms with Crippen molar-refractivity contribution in [3.8, 4) is 5.75 Å². The molecule has 0 saturated carbocycles. The molecule has 27 heavy (non-hydrogen) atoms. The van der Waals surface area contributed by atoms with Gasteiger partial charge in [-0.2, -0.15) is 0 Å². The van der Waals surface area contributed by atoms with E-state index in [1.54, 1.807) is 24.3 Å². The number of nitrogens with one attached hydrogen (secondary N) is 1. The number of rotatable bonds is 9. The molecule has 0 heterocycles. The third-order valence-corrected chi connectivity index (χ3v) is 3.78. The van der Waals surface area contributed by atoms with Crippen molar-refractivity contribution < 1.29 is 19.1 Å². The van der Waals surface area contributed by atoms with Crippen LogP contribution in [0, 0.1) is 5.92 Å². The summed E-state index contributed by atoms with van der Waals surface area (Å²) in [5.74, 6) is 0.322. The number of esters is 1. The van der Waals surface area contributed by atoms with Crippen molar-refractivity contribution in [1.29, 1.82) is 0 Å². The van der Waals surface area contributed by atoms with Gasteiger partial charge in [0.05, 0.1) is 12.2 Å². The predicted octanol–water partition coefficient (Wildman–Crippen LogP) is 4.47. The Hall–Kier alpha value is -2.82. The van der Waals surface area contributed by atoms with E-state index in [9.17, 15) is 9.59 Å². The molecule has 5 nitrogen and oxygen atoms in total. The quantitative estimate of drug-likeness (QED) is 0.663. The molecule has 2 aromatic rings. The molecule has 5 heteroatoms. The van der Waals surface area contributed by atoms with Crippen LogP contribution in [0.1, 0.15) is 43.1 Å². The maximum atomic E-state index is 12.0. The van der Waals surface area contributed by atoms with E-state index in [2.05, 4.69) is 12.2 Å². The lowest BCUT2D eigenvalue weighted by Crippen LogP contribution is -2.20. The Morgan fingerprint density at radius 3 is 2.26 bits per heavy atom. The zero-order valence-electron chi connectivity index (χ0n) is 16.2. The lowest BCUT2D eigenvalue weighted by atomic mass is 10.1. The third-order valence-electron chi connectivity index (χ3n) is 3.78. The minimum absolute atomic E-state index is 0.0781. The van der Waals surface area contributed by atoms with Gasteiger partial charge in [-0.15, -0.1) is 0 Å². The molecule has 0 atom stereocenters. The van der Waals surface area contributed by atoms with E-state index < -0.39 is 0 Å². The largest absolute Gasteiger partial charge is 0.484 e. The molecular weight excluding hydrogens is 342 g/mol. The Balaban J connectivity index is 1.80. The first kappa shape index (κ1) is 20.5. The smallest absolute Gasteiger partial charge is 0.338 e. The summed E-state index contributed by atoms with van der Waals surface area (Å²) in [7, 11) is 0. The first-order valence-corrected chi connectivity index (χ1v) is 9.26. The summed E-state index contributed by atoms with van der Waals surface area (Å²) in [6.07, 6.45) is 2.12. The van der Waals surface area contributed by atoms with E-state index in [0.29, 0.717) is 23.6 Å². The van der Waals surface area contributed by atoms with Crippen LogP contribution >= 0.6 is 0 Å². The lowest BCUT2D eigenvalue weighted by Gasteiger charge is -2.09. The van der Waals surface area contributed by atoms with E-state index in [-0.39, 0.29) is 24.4 Å². The zero-order valence-corrected chi connectivity index (χ0v) is 16.2. The van der Waals surface area contributed by atoms with Crippen LogP contribution in [-0.2, 0) is 16.0 Å². The maximum absolute atomic E-state index is 12.0. The van der Waals surface area contributed by atoms with Crippen LogP contribution in [0.25, 0.3) is 0 Å². The lowest BCUT2D eigenvalue weighted by molar-refractivity contribution is -0.118. The third kappa shape index (κ3) is 7.13. The van der Waals surface area contributed by atoms with Crippen LogP contribution in [-0.4, -0.2) is 25.1 Å². The van der Waals surface area contributed by atoms with Gasteiger partial charge in [0, 0.05) is 5.69 Å². The molecule has 0 aliphatic carbocycles.